The van der Waals surface area contributed by atoms with Gasteiger partial charge < -0.3 is 4.40 Å². The summed E-state index contributed by atoms with van der Waals surface area (Å²) in [7, 11) is 2.21. The Morgan fingerprint density at radius 3 is 2.59 bits per heavy atom. The zero-order valence-electron chi connectivity index (χ0n) is 16.6. The average Bonchev–Trinajstić information content (AvgIpc) is 3.32. The lowest BCUT2D eigenvalue weighted by atomic mass is 9.96. The third kappa shape index (κ3) is 1.72. The lowest BCUT2D eigenvalue weighted by Crippen LogP contribution is -2.33. The minimum Gasteiger partial charge on any atom is -0.302 e. The quantitative estimate of drug-likeness (QED) is 0.155. The molecule has 0 unspecified atom stereocenters. The molecule has 2 nitrogen and oxygen atoms in total. The van der Waals surface area contributed by atoms with E-state index in [4.69, 9.17) is 0 Å². The Morgan fingerprint density at radius 1 is 0.828 bits per heavy atom. The Balaban J connectivity index is 2.06. The minimum atomic E-state index is 1.28. The minimum absolute atomic E-state index is 1.28. The van der Waals surface area contributed by atoms with E-state index >= 15 is 0 Å². The number of benzene rings is 3. The van der Waals surface area contributed by atoms with Gasteiger partial charge in [-0.3, -0.25) is 0 Å². The number of hydrogen-bond acceptors (Lipinski definition) is 1. The summed E-state index contributed by atoms with van der Waals surface area (Å²) < 4.78 is 6.26. The zero-order valence-corrected chi connectivity index (χ0v) is 17.4. The molecule has 4 heterocycles. The molecular weight excluding hydrogens is 372 g/mol. The van der Waals surface area contributed by atoms with E-state index in [0.29, 0.717) is 0 Å². The maximum atomic E-state index is 2.53. The first-order valence-corrected chi connectivity index (χ1v) is 10.9. The number of pyridine rings is 2. The molecule has 0 aliphatic carbocycles. The van der Waals surface area contributed by atoms with Gasteiger partial charge in [0.15, 0.2) is 5.69 Å². The molecular formula is C26H19N2S+. The maximum absolute atomic E-state index is 2.53. The van der Waals surface area contributed by atoms with E-state index < -0.39 is 0 Å². The molecule has 0 amide bonds. The molecule has 0 saturated carbocycles. The first-order valence-electron chi connectivity index (χ1n) is 10.0. The highest BCUT2D eigenvalue weighted by atomic mass is 32.1. The van der Waals surface area contributed by atoms with Crippen LogP contribution < -0.4 is 4.57 Å². The molecule has 7 aromatic rings. The summed E-state index contributed by atoms with van der Waals surface area (Å²) in [5, 5.41) is 10.3. The van der Waals surface area contributed by atoms with Gasteiger partial charge in [0.1, 0.15) is 12.6 Å². The number of fused-ring (bicyclic) bond motifs is 7. The van der Waals surface area contributed by atoms with E-state index in [1.807, 2.05) is 11.3 Å². The number of thiophene rings is 1. The Bertz CT molecular complexity index is 1780. The van der Waals surface area contributed by atoms with Gasteiger partial charge in [-0.05, 0) is 41.5 Å². The molecule has 0 saturated heterocycles. The standard InChI is InChI=1S/C26H19N2S/c1-14-8-9-16-13-21-18(10-11-29-21)24-23(16)22(14)26-25-19(12-15(2)27(26)3)17-6-4-5-7-20(17)28(24)25/h4-13H,1-3H3/q+1. The molecule has 138 valence electrons. The molecule has 0 radical (unpaired) electrons. The first kappa shape index (κ1) is 15.7. The molecule has 0 fully saturated rings. The van der Waals surface area contributed by atoms with E-state index in [0.717, 1.165) is 0 Å². The van der Waals surface area contributed by atoms with Crippen molar-refractivity contribution in [1.82, 2.24) is 4.40 Å². The summed E-state index contributed by atoms with van der Waals surface area (Å²) in [6.45, 7) is 4.47. The van der Waals surface area contributed by atoms with Gasteiger partial charge in [0.05, 0.1) is 16.4 Å². The number of nitrogens with zero attached hydrogens (tertiary/aromatic N) is 2. The van der Waals surface area contributed by atoms with E-state index in [2.05, 4.69) is 89.8 Å². The smallest absolute Gasteiger partial charge is 0.238 e. The summed E-state index contributed by atoms with van der Waals surface area (Å²) in [6.07, 6.45) is 0. The van der Waals surface area contributed by atoms with Crippen LogP contribution in [0.5, 0.6) is 0 Å². The Hall–Kier alpha value is -3.17. The van der Waals surface area contributed by atoms with Crippen molar-refractivity contribution in [2.24, 2.45) is 7.05 Å². The van der Waals surface area contributed by atoms with Crippen molar-refractivity contribution in [3.8, 4) is 0 Å². The van der Waals surface area contributed by atoms with Gasteiger partial charge >= 0.3 is 0 Å². The van der Waals surface area contributed by atoms with Gasteiger partial charge in [0.2, 0.25) is 5.52 Å². The van der Waals surface area contributed by atoms with Crippen LogP contribution in [-0.4, -0.2) is 4.40 Å². The lowest BCUT2D eigenvalue weighted by Gasteiger charge is -2.15. The number of para-hydroxylation sites is 1. The SMILES string of the molecule is Cc1ccc2cc3sccc3c3c2c1c1c2c(cc(C)[n+]1C)c1ccccc1n32. The summed E-state index contributed by atoms with van der Waals surface area (Å²) in [5.41, 5.74) is 7.93. The van der Waals surface area contributed by atoms with E-state index in [-0.39, 0.29) is 0 Å². The molecule has 3 heteroatoms. The number of aryl methyl sites for hydroxylation is 3. The van der Waals surface area contributed by atoms with Crippen LogP contribution in [0.4, 0.5) is 0 Å². The fourth-order valence-corrected chi connectivity index (χ4v) is 6.18. The van der Waals surface area contributed by atoms with Crippen LogP contribution in [0.25, 0.3) is 59.1 Å². The Labute approximate surface area is 171 Å². The molecule has 4 aromatic heterocycles. The maximum Gasteiger partial charge on any atom is 0.238 e. The lowest BCUT2D eigenvalue weighted by molar-refractivity contribution is -0.650. The van der Waals surface area contributed by atoms with Gasteiger partial charge in [0.25, 0.3) is 0 Å². The molecule has 0 N–H and O–H groups in total. The molecule has 29 heavy (non-hydrogen) atoms. The zero-order chi connectivity index (χ0) is 19.4. The first-order chi connectivity index (χ1) is 14.1. The number of hydrogen-bond donors (Lipinski definition) is 0. The average molecular weight is 392 g/mol. The highest BCUT2D eigenvalue weighted by molar-refractivity contribution is 7.17. The largest absolute Gasteiger partial charge is 0.302 e. The predicted molar refractivity (Wildman–Crippen MR) is 125 cm³/mol. The van der Waals surface area contributed by atoms with Crippen molar-refractivity contribution in [3.63, 3.8) is 0 Å². The third-order valence-electron chi connectivity index (χ3n) is 6.74. The van der Waals surface area contributed by atoms with Crippen molar-refractivity contribution >= 4 is 70.4 Å². The summed E-state index contributed by atoms with van der Waals surface area (Å²) in [6, 6.07) is 20.4. The summed E-state index contributed by atoms with van der Waals surface area (Å²) in [4.78, 5) is 0. The van der Waals surface area contributed by atoms with E-state index in [1.54, 1.807) is 0 Å². The van der Waals surface area contributed by atoms with E-state index in [1.165, 1.54) is 70.3 Å². The van der Waals surface area contributed by atoms with Crippen LogP contribution >= 0.6 is 11.3 Å². The van der Waals surface area contributed by atoms with Crippen LogP contribution in [0.3, 0.4) is 0 Å². The third-order valence-corrected chi connectivity index (χ3v) is 7.60. The van der Waals surface area contributed by atoms with Gasteiger partial charge in [0, 0.05) is 39.2 Å². The van der Waals surface area contributed by atoms with Crippen LogP contribution in [0.15, 0.2) is 60.0 Å². The highest BCUT2D eigenvalue weighted by Crippen LogP contribution is 2.43. The molecule has 0 bridgehead atoms. The molecule has 7 rings (SSSR count). The van der Waals surface area contributed by atoms with Gasteiger partial charge in [-0.1, -0.05) is 30.3 Å². The summed E-state index contributed by atoms with van der Waals surface area (Å²) >= 11 is 1.83. The number of rotatable bonds is 0. The molecule has 0 spiro atoms. The van der Waals surface area contributed by atoms with Crippen LogP contribution in [0.1, 0.15) is 11.3 Å². The summed E-state index contributed by atoms with van der Waals surface area (Å²) in [5.74, 6) is 0. The molecule has 0 aliphatic heterocycles. The van der Waals surface area contributed by atoms with E-state index in [9.17, 15) is 0 Å². The monoisotopic (exact) mass is 391 g/mol. The van der Waals surface area contributed by atoms with Crippen LogP contribution in [0, 0.1) is 13.8 Å². The van der Waals surface area contributed by atoms with Gasteiger partial charge in [-0.2, -0.15) is 4.57 Å². The normalized spacial score (nSPS) is 12.7. The Morgan fingerprint density at radius 2 is 1.69 bits per heavy atom. The van der Waals surface area contributed by atoms with Crippen LogP contribution in [0.2, 0.25) is 0 Å². The van der Waals surface area contributed by atoms with Crippen molar-refractivity contribution in [3.05, 3.63) is 71.2 Å². The molecule has 3 aromatic carbocycles. The van der Waals surface area contributed by atoms with Crippen molar-refractivity contribution < 1.29 is 4.57 Å². The highest BCUT2D eigenvalue weighted by Gasteiger charge is 2.26. The predicted octanol–water partition coefficient (Wildman–Crippen LogP) is 6.65. The molecule has 0 aliphatic rings. The van der Waals surface area contributed by atoms with Crippen molar-refractivity contribution in [1.29, 1.82) is 0 Å². The fraction of sp³-hybridized carbons (Fsp3) is 0.115. The molecule has 0 atom stereocenters. The second-order valence-corrected chi connectivity index (χ2v) is 9.17. The Kier molecular flexibility index (Phi) is 2.74. The second kappa shape index (κ2) is 5.05. The van der Waals surface area contributed by atoms with Crippen molar-refractivity contribution in [2.75, 3.05) is 0 Å². The second-order valence-electron chi connectivity index (χ2n) is 8.22. The number of aromatic nitrogens is 2. The fourth-order valence-electron chi connectivity index (χ4n) is 5.34. The van der Waals surface area contributed by atoms with Crippen molar-refractivity contribution in [2.45, 2.75) is 13.8 Å². The van der Waals surface area contributed by atoms with Gasteiger partial charge in [-0.15, -0.1) is 11.3 Å². The van der Waals surface area contributed by atoms with Gasteiger partial charge in [-0.25, -0.2) is 0 Å². The van der Waals surface area contributed by atoms with Crippen LogP contribution in [-0.2, 0) is 7.05 Å². The topological polar surface area (TPSA) is 8.29 Å².